The van der Waals surface area contributed by atoms with Crippen LogP contribution in [0.25, 0.3) is 0 Å². The first-order valence-electron chi connectivity index (χ1n) is 10.5. The van der Waals surface area contributed by atoms with Crippen molar-refractivity contribution >= 4 is 33.1 Å². The maximum absolute atomic E-state index is 13.8. The molecule has 2 aromatic carbocycles. The van der Waals surface area contributed by atoms with Crippen molar-refractivity contribution in [1.82, 2.24) is 0 Å². The summed E-state index contributed by atoms with van der Waals surface area (Å²) in [5, 5.41) is 39.3. The van der Waals surface area contributed by atoms with Gasteiger partial charge in [-0.2, -0.15) is 0 Å². The first-order valence-corrected chi connectivity index (χ1v) is 12.1. The molecule has 1 unspecified atom stereocenters. The lowest BCUT2D eigenvalue weighted by Crippen LogP contribution is -2.40. The third-order valence-electron chi connectivity index (χ3n) is 6.38. The molecule has 1 atom stereocenters. The average molecular weight is 515 g/mol. The minimum absolute atomic E-state index is 0.0291. The van der Waals surface area contributed by atoms with Crippen LogP contribution in [0.2, 0.25) is 0 Å². The van der Waals surface area contributed by atoms with Gasteiger partial charge in [0.1, 0.15) is 39.7 Å². The van der Waals surface area contributed by atoms with E-state index >= 15 is 0 Å². The molecule has 1 aliphatic carbocycles. The number of nitrogens with two attached hydrogens (primary N) is 1. The Labute approximate surface area is 205 Å². The fraction of sp³-hybridized carbons (Fsp3) is 0.208. The molecule has 0 spiro atoms. The zero-order valence-corrected chi connectivity index (χ0v) is 20.4. The lowest BCUT2D eigenvalue weighted by Gasteiger charge is -2.29. The number of hydrogen-bond donors (Lipinski definition) is 5. The molecule has 12 heteroatoms. The number of ketones is 3. The van der Waals surface area contributed by atoms with Crippen molar-refractivity contribution in [3.8, 4) is 23.0 Å². The Morgan fingerprint density at radius 1 is 1.11 bits per heavy atom. The third kappa shape index (κ3) is 3.45. The summed E-state index contributed by atoms with van der Waals surface area (Å²) in [4.78, 5) is 38.7. The van der Waals surface area contributed by atoms with Crippen molar-refractivity contribution in [3.63, 3.8) is 0 Å². The quantitative estimate of drug-likeness (QED) is 0.174. The molecule has 0 radical (unpaired) electrons. The number of nitrogens with one attached hydrogen (secondary N) is 1. The van der Waals surface area contributed by atoms with Gasteiger partial charge in [0.25, 0.3) is 0 Å². The number of aromatic hydroxyl groups is 3. The second-order valence-corrected chi connectivity index (χ2v) is 10.3. The summed E-state index contributed by atoms with van der Waals surface area (Å²) in [6, 6.07) is 3.22. The molecule has 0 fully saturated rings. The van der Waals surface area contributed by atoms with Gasteiger partial charge in [-0.05, 0) is 45.9 Å². The van der Waals surface area contributed by atoms with E-state index in [-0.39, 0.29) is 55.8 Å². The van der Waals surface area contributed by atoms with Gasteiger partial charge in [-0.1, -0.05) is 0 Å². The van der Waals surface area contributed by atoms with Gasteiger partial charge in [-0.3, -0.25) is 14.4 Å². The molecule has 0 amide bonds. The Balaban J connectivity index is 1.90. The number of rotatable bonds is 4. The molecule has 6 N–H and O–H groups in total. The van der Waals surface area contributed by atoms with Gasteiger partial charge in [0.15, 0.2) is 17.3 Å². The summed E-state index contributed by atoms with van der Waals surface area (Å²) in [5.74, 6) is -3.82. The lowest BCUT2D eigenvalue weighted by atomic mass is 9.70. The normalized spacial score (nSPS) is 20.3. The molecule has 36 heavy (non-hydrogen) atoms. The van der Waals surface area contributed by atoms with Crippen LogP contribution in [0.4, 0.5) is 5.69 Å². The van der Waals surface area contributed by atoms with Gasteiger partial charge in [0.05, 0.1) is 21.7 Å². The zero-order chi connectivity index (χ0) is 26.9. The number of sulfonamides is 1. The van der Waals surface area contributed by atoms with Crippen molar-refractivity contribution < 1.29 is 42.9 Å². The van der Waals surface area contributed by atoms with Crippen LogP contribution in [-0.4, -0.2) is 41.1 Å². The number of carbonyl (C=O) groups is 3. The number of carbonyl (C=O) groups excluding carboxylic acids is 3. The van der Waals surface area contributed by atoms with E-state index in [9.17, 15) is 38.1 Å². The van der Waals surface area contributed by atoms with Gasteiger partial charge in [0.2, 0.25) is 10.0 Å². The number of phenolic OH excluding ortho intramolecular Hbond substituents is 3. The van der Waals surface area contributed by atoms with E-state index in [4.69, 9.17) is 9.88 Å². The maximum atomic E-state index is 13.8. The van der Waals surface area contributed by atoms with Crippen molar-refractivity contribution in [3.05, 3.63) is 58.0 Å². The molecule has 11 nitrogen and oxygen atoms in total. The molecule has 2 aliphatic rings. The Bertz CT molecular complexity index is 1590. The van der Waals surface area contributed by atoms with Crippen LogP contribution in [0, 0.1) is 6.92 Å². The molecule has 4 rings (SSSR count). The number of fused-ring (bicyclic) bond motifs is 3. The number of phenols is 3. The number of primary sulfonamides is 1. The topological polar surface area (TPSA) is 193 Å². The third-order valence-corrected chi connectivity index (χ3v) is 7.29. The molecular formula is C24H22N2O9S. The number of Topliss-reactive ketones (excluding diaryl/α,β-unsaturated/α-hetero) is 2. The van der Waals surface area contributed by atoms with Crippen LogP contribution in [0.1, 0.15) is 42.3 Å². The summed E-state index contributed by atoms with van der Waals surface area (Å²) in [7, 11) is -4.11. The van der Waals surface area contributed by atoms with Crippen molar-refractivity contribution in [2.75, 3.05) is 5.32 Å². The molecule has 188 valence electrons. The minimum atomic E-state index is -4.11. The minimum Gasteiger partial charge on any atom is -0.507 e. The second-order valence-electron chi connectivity index (χ2n) is 8.74. The zero-order valence-electron chi connectivity index (χ0n) is 19.6. The number of hydrogen-bond acceptors (Lipinski definition) is 10. The van der Waals surface area contributed by atoms with Gasteiger partial charge in [-0.15, -0.1) is 0 Å². The Morgan fingerprint density at radius 2 is 1.75 bits per heavy atom. The maximum Gasteiger partial charge on any atom is 0.238 e. The fourth-order valence-corrected chi connectivity index (χ4v) is 4.96. The highest BCUT2D eigenvalue weighted by atomic mass is 32.2. The van der Waals surface area contributed by atoms with Crippen LogP contribution < -0.4 is 15.2 Å². The van der Waals surface area contributed by atoms with Gasteiger partial charge >= 0.3 is 0 Å². The summed E-state index contributed by atoms with van der Waals surface area (Å²) >= 11 is 0. The van der Waals surface area contributed by atoms with E-state index in [1.54, 1.807) is 0 Å². The predicted molar refractivity (Wildman–Crippen MR) is 126 cm³/mol. The molecular weight excluding hydrogens is 492 g/mol. The number of anilines is 1. The standard InChI is InChI=1S/C24H22N2O9S/c1-9-20(30)18(11(3)27)22-19(21(9)31)24(4)16(35-22)8-15(29)17(23(24)32)10(2)26-13-7-12(36(25,33)34)5-6-14(13)28/h5-8,26,28,30-31H,1-4H3,(H2,25,33,34). The van der Waals surface area contributed by atoms with Crippen molar-refractivity contribution in [1.29, 1.82) is 0 Å². The predicted octanol–water partition coefficient (Wildman–Crippen LogP) is 2.03. The SMILES string of the molecule is CC(=O)c1c(O)c(C)c(O)c2c1OC1=CC(=O)C(=C(C)Nc3cc(S(N)(=O)=O)ccc3O)C(=O)C12C. The van der Waals surface area contributed by atoms with E-state index in [2.05, 4.69) is 5.32 Å². The summed E-state index contributed by atoms with van der Waals surface area (Å²) in [5.41, 5.74) is -2.58. The van der Waals surface area contributed by atoms with E-state index in [0.29, 0.717) is 0 Å². The molecule has 0 aromatic heterocycles. The monoisotopic (exact) mass is 514 g/mol. The van der Waals surface area contributed by atoms with E-state index < -0.39 is 44.3 Å². The van der Waals surface area contributed by atoms with Crippen LogP contribution in [0.15, 0.2) is 46.2 Å². The lowest BCUT2D eigenvalue weighted by molar-refractivity contribution is -0.123. The fourth-order valence-electron chi connectivity index (χ4n) is 4.42. The van der Waals surface area contributed by atoms with E-state index in [1.165, 1.54) is 27.7 Å². The first-order chi connectivity index (χ1) is 16.6. The smallest absolute Gasteiger partial charge is 0.238 e. The van der Waals surface area contributed by atoms with Gasteiger partial charge in [-0.25, -0.2) is 13.6 Å². The largest absolute Gasteiger partial charge is 0.507 e. The molecule has 0 saturated heterocycles. The Kier molecular flexibility index (Phi) is 5.50. The molecule has 2 aromatic rings. The van der Waals surface area contributed by atoms with Crippen LogP contribution in [-0.2, 0) is 25.0 Å². The van der Waals surface area contributed by atoms with Crippen molar-refractivity contribution in [2.24, 2.45) is 5.14 Å². The van der Waals surface area contributed by atoms with Crippen molar-refractivity contribution in [2.45, 2.75) is 38.0 Å². The molecule has 1 aliphatic heterocycles. The summed E-state index contributed by atoms with van der Waals surface area (Å²) < 4.78 is 29.1. The van der Waals surface area contributed by atoms with Crippen LogP contribution in [0.3, 0.4) is 0 Å². The summed E-state index contributed by atoms with van der Waals surface area (Å²) in [6.45, 7) is 5.33. The van der Waals surface area contributed by atoms with Crippen LogP contribution >= 0.6 is 0 Å². The first kappa shape index (κ1) is 24.9. The van der Waals surface area contributed by atoms with E-state index in [1.807, 2.05) is 0 Å². The average Bonchev–Trinajstić information content (AvgIpc) is 3.05. The van der Waals surface area contributed by atoms with Gasteiger partial charge in [0, 0.05) is 17.3 Å². The number of ether oxygens (including phenoxy) is 1. The number of allylic oxidation sites excluding steroid dienone is 4. The highest BCUT2D eigenvalue weighted by Gasteiger charge is 2.56. The highest BCUT2D eigenvalue weighted by molar-refractivity contribution is 7.89. The van der Waals surface area contributed by atoms with Crippen LogP contribution in [0.5, 0.6) is 23.0 Å². The molecule has 0 saturated carbocycles. The molecule has 1 heterocycles. The number of benzene rings is 2. The highest BCUT2D eigenvalue weighted by Crippen LogP contribution is 2.57. The second kappa shape index (κ2) is 7.93. The van der Waals surface area contributed by atoms with Gasteiger partial charge < -0.3 is 25.4 Å². The Morgan fingerprint density at radius 3 is 2.33 bits per heavy atom. The van der Waals surface area contributed by atoms with E-state index in [0.717, 1.165) is 24.3 Å². The Hall–Kier alpha value is -4.16. The summed E-state index contributed by atoms with van der Waals surface area (Å²) in [6.07, 6.45) is 1.04. The molecule has 0 bridgehead atoms.